The molecule has 0 aromatic heterocycles. The number of aliphatic carboxylic acids is 1. The molecular weight excluding hydrogens is 170 g/mol. The minimum absolute atomic E-state index is 0.0880. The highest BCUT2D eigenvalue weighted by atomic mass is 16.5. The second-order valence-electron chi connectivity index (χ2n) is 3.15. The van der Waals surface area contributed by atoms with Gasteiger partial charge in [0, 0.05) is 19.2 Å². The Morgan fingerprint density at radius 1 is 1.54 bits per heavy atom. The average Bonchev–Trinajstić information content (AvgIpc) is 2.02. The minimum atomic E-state index is -0.787. The summed E-state index contributed by atoms with van der Waals surface area (Å²) in [6, 6.07) is 0.247. The number of carboxylic acids is 1. The quantitative estimate of drug-likeness (QED) is 0.602. The first-order valence-electron chi connectivity index (χ1n) is 4.61. The van der Waals surface area contributed by atoms with E-state index >= 15 is 0 Å². The standard InChI is InChI=1S/C9H19NO3/c1-4-13-6-5-10(8(2)3)7-9(11)12/h8H,4-7H2,1-3H3,(H,11,12). The fraction of sp³-hybridized carbons (Fsp3) is 0.889. The van der Waals surface area contributed by atoms with Crippen molar-refractivity contribution in [2.45, 2.75) is 26.8 Å². The zero-order valence-corrected chi connectivity index (χ0v) is 8.62. The molecule has 0 rings (SSSR count). The monoisotopic (exact) mass is 189 g/mol. The number of hydrogen-bond acceptors (Lipinski definition) is 3. The minimum Gasteiger partial charge on any atom is -0.480 e. The van der Waals surface area contributed by atoms with Gasteiger partial charge in [0.05, 0.1) is 13.2 Å². The molecule has 0 amide bonds. The van der Waals surface area contributed by atoms with E-state index in [1.54, 1.807) is 0 Å². The lowest BCUT2D eigenvalue weighted by atomic mass is 10.3. The highest BCUT2D eigenvalue weighted by molar-refractivity contribution is 5.69. The van der Waals surface area contributed by atoms with Crippen LogP contribution >= 0.6 is 0 Å². The molecule has 4 nitrogen and oxygen atoms in total. The lowest BCUT2D eigenvalue weighted by Gasteiger charge is -2.23. The maximum atomic E-state index is 10.5. The van der Waals surface area contributed by atoms with Gasteiger partial charge in [0.1, 0.15) is 0 Å². The summed E-state index contributed by atoms with van der Waals surface area (Å²) in [5.41, 5.74) is 0. The molecule has 0 aliphatic rings. The van der Waals surface area contributed by atoms with Crippen LogP contribution in [0.1, 0.15) is 20.8 Å². The van der Waals surface area contributed by atoms with E-state index in [1.807, 2.05) is 25.7 Å². The van der Waals surface area contributed by atoms with Crippen LogP contribution < -0.4 is 0 Å². The molecule has 0 aliphatic carbocycles. The Morgan fingerprint density at radius 2 is 2.15 bits per heavy atom. The predicted octanol–water partition coefficient (Wildman–Crippen LogP) is 0.818. The fourth-order valence-corrected chi connectivity index (χ4v) is 1.02. The molecule has 0 unspecified atom stereocenters. The Hall–Kier alpha value is -0.610. The predicted molar refractivity (Wildman–Crippen MR) is 50.8 cm³/mol. The van der Waals surface area contributed by atoms with Gasteiger partial charge in [-0.15, -0.1) is 0 Å². The normalized spacial score (nSPS) is 11.2. The third-order valence-corrected chi connectivity index (χ3v) is 1.80. The summed E-state index contributed by atoms with van der Waals surface area (Å²) in [6.07, 6.45) is 0. The summed E-state index contributed by atoms with van der Waals surface area (Å²) in [4.78, 5) is 12.3. The first kappa shape index (κ1) is 12.4. The Bertz CT molecular complexity index is 148. The van der Waals surface area contributed by atoms with Crippen LogP contribution in [-0.4, -0.2) is 48.3 Å². The zero-order valence-electron chi connectivity index (χ0n) is 8.62. The van der Waals surface area contributed by atoms with E-state index < -0.39 is 5.97 Å². The van der Waals surface area contributed by atoms with Crippen molar-refractivity contribution >= 4 is 5.97 Å². The molecule has 0 saturated heterocycles. The topological polar surface area (TPSA) is 49.8 Å². The van der Waals surface area contributed by atoms with Gasteiger partial charge >= 0.3 is 5.97 Å². The van der Waals surface area contributed by atoms with Crippen molar-refractivity contribution in [3.05, 3.63) is 0 Å². The lowest BCUT2D eigenvalue weighted by Crippen LogP contribution is -2.38. The van der Waals surface area contributed by atoms with Gasteiger partial charge in [0.2, 0.25) is 0 Å². The maximum absolute atomic E-state index is 10.5. The summed E-state index contributed by atoms with van der Waals surface area (Å²) < 4.78 is 5.16. The van der Waals surface area contributed by atoms with E-state index in [0.29, 0.717) is 19.8 Å². The van der Waals surface area contributed by atoms with Gasteiger partial charge in [0.25, 0.3) is 0 Å². The van der Waals surface area contributed by atoms with Gasteiger partial charge < -0.3 is 9.84 Å². The van der Waals surface area contributed by atoms with Crippen LogP contribution in [0, 0.1) is 0 Å². The Balaban J connectivity index is 3.74. The van der Waals surface area contributed by atoms with Crippen molar-refractivity contribution in [2.75, 3.05) is 26.3 Å². The molecule has 0 radical (unpaired) electrons. The lowest BCUT2D eigenvalue weighted by molar-refractivity contribution is -0.139. The maximum Gasteiger partial charge on any atom is 0.317 e. The first-order valence-corrected chi connectivity index (χ1v) is 4.61. The van der Waals surface area contributed by atoms with Crippen LogP contribution in [0.2, 0.25) is 0 Å². The Labute approximate surface area is 79.5 Å². The van der Waals surface area contributed by atoms with Crippen LogP contribution in [0.15, 0.2) is 0 Å². The van der Waals surface area contributed by atoms with Crippen molar-refractivity contribution in [1.29, 1.82) is 0 Å². The summed E-state index contributed by atoms with van der Waals surface area (Å²) in [6.45, 7) is 7.93. The molecule has 13 heavy (non-hydrogen) atoms. The molecule has 0 saturated carbocycles. The molecule has 0 spiro atoms. The molecule has 0 aromatic carbocycles. The Morgan fingerprint density at radius 3 is 2.54 bits per heavy atom. The summed E-state index contributed by atoms with van der Waals surface area (Å²) in [5.74, 6) is -0.787. The molecule has 0 fully saturated rings. The summed E-state index contributed by atoms with van der Waals surface area (Å²) >= 11 is 0. The zero-order chi connectivity index (χ0) is 10.3. The Kier molecular flexibility index (Phi) is 6.54. The second-order valence-corrected chi connectivity index (χ2v) is 3.15. The molecule has 78 valence electrons. The van der Waals surface area contributed by atoms with Crippen molar-refractivity contribution < 1.29 is 14.6 Å². The van der Waals surface area contributed by atoms with Crippen molar-refractivity contribution in [2.24, 2.45) is 0 Å². The van der Waals surface area contributed by atoms with E-state index in [1.165, 1.54) is 0 Å². The van der Waals surface area contributed by atoms with Gasteiger partial charge in [-0.05, 0) is 20.8 Å². The number of nitrogens with zero attached hydrogens (tertiary/aromatic N) is 1. The molecule has 0 heterocycles. The second kappa shape index (κ2) is 6.86. The molecule has 0 bridgehead atoms. The van der Waals surface area contributed by atoms with E-state index in [-0.39, 0.29) is 12.6 Å². The average molecular weight is 189 g/mol. The van der Waals surface area contributed by atoms with Crippen LogP contribution in [0.25, 0.3) is 0 Å². The summed E-state index contributed by atoms with van der Waals surface area (Å²) in [5, 5.41) is 8.61. The van der Waals surface area contributed by atoms with E-state index in [9.17, 15) is 4.79 Å². The smallest absolute Gasteiger partial charge is 0.317 e. The van der Waals surface area contributed by atoms with Crippen LogP contribution in [0.4, 0.5) is 0 Å². The highest BCUT2D eigenvalue weighted by Gasteiger charge is 2.12. The SMILES string of the molecule is CCOCCN(CC(=O)O)C(C)C. The largest absolute Gasteiger partial charge is 0.480 e. The number of hydrogen-bond donors (Lipinski definition) is 1. The van der Waals surface area contributed by atoms with Crippen molar-refractivity contribution in [3.63, 3.8) is 0 Å². The van der Waals surface area contributed by atoms with Crippen LogP contribution in [0.5, 0.6) is 0 Å². The molecular formula is C9H19NO3. The van der Waals surface area contributed by atoms with Gasteiger partial charge in [0.15, 0.2) is 0 Å². The molecule has 0 atom stereocenters. The van der Waals surface area contributed by atoms with Gasteiger partial charge in [-0.25, -0.2) is 0 Å². The molecule has 4 heteroatoms. The molecule has 1 N–H and O–H groups in total. The first-order chi connectivity index (χ1) is 6.07. The molecule has 0 aromatic rings. The number of carboxylic acid groups (broad SMARTS) is 1. The van der Waals surface area contributed by atoms with E-state index in [4.69, 9.17) is 9.84 Å². The highest BCUT2D eigenvalue weighted by Crippen LogP contribution is 1.97. The van der Waals surface area contributed by atoms with E-state index in [2.05, 4.69) is 0 Å². The van der Waals surface area contributed by atoms with Crippen molar-refractivity contribution in [3.8, 4) is 0 Å². The van der Waals surface area contributed by atoms with E-state index in [0.717, 1.165) is 0 Å². The summed E-state index contributed by atoms with van der Waals surface area (Å²) in [7, 11) is 0. The number of ether oxygens (including phenoxy) is 1. The van der Waals surface area contributed by atoms with Gasteiger partial charge in [-0.1, -0.05) is 0 Å². The van der Waals surface area contributed by atoms with Crippen LogP contribution in [0.3, 0.4) is 0 Å². The number of rotatable bonds is 7. The third kappa shape index (κ3) is 6.54. The van der Waals surface area contributed by atoms with Gasteiger partial charge in [-0.2, -0.15) is 0 Å². The molecule has 0 aliphatic heterocycles. The fourth-order valence-electron chi connectivity index (χ4n) is 1.02. The third-order valence-electron chi connectivity index (χ3n) is 1.80. The number of carbonyl (C=O) groups is 1. The van der Waals surface area contributed by atoms with Crippen molar-refractivity contribution in [1.82, 2.24) is 4.90 Å². The van der Waals surface area contributed by atoms with Crippen LogP contribution in [-0.2, 0) is 9.53 Å². The van der Waals surface area contributed by atoms with Gasteiger partial charge in [-0.3, -0.25) is 9.69 Å².